The van der Waals surface area contributed by atoms with Crippen LogP contribution in [-0.4, -0.2) is 89.7 Å². The number of nitro benzene ring substituents is 1. The van der Waals surface area contributed by atoms with Crippen LogP contribution in [0.4, 0.5) is 21.5 Å². The van der Waals surface area contributed by atoms with E-state index in [4.69, 9.17) is 15.9 Å². The highest BCUT2D eigenvalue weighted by atomic mass is 32.2. The average Bonchev–Trinajstić information content (AvgIpc) is 3.96. The van der Waals surface area contributed by atoms with Gasteiger partial charge in [-0.3, -0.25) is 19.8 Å². The van der Waals surface area contributed by atoms with Gasteiger partial charge < -0.3 is 29.8 Å². The first-order valence-corrected chi connectivity index (χ1v) is 25.5. The maximum absolute atomic E-state index is 14.8. The lowest BCUT2D eigenvalue weighted by atomic mass is 9.70. The minimum Gasteiger partial charge on any atom is -0.489 e. The van der Waals surface area contributed by atoms with E-state index in [1.807, 2.05) is 0 Å². The Morgan fingerprint density at radius 2 is 1.81 bits per heavy atom. The number of sulfonamides is 1. The van der Waals surface area contributed by atoms with Crippen LogP contribution in [-0.2, 0) is 10.0 Å². The van der Waals surface area contributed by atoms with Crippen molar-refractivity contribution in [1.82, 2.24) is 19.6 Å². The van der Waals surface area contributed by atoms with Crippen LogP contribution >= 0.6 is 0 Å². The number of benzene rings is 3. The van der Waals surface area contributed by atoms with Gasteiger partial charge in [0.2, 0.25) is 0 Å². The van der Waals surface area contributed by atoms with Gasteiger partial charge in [0, 0.05) is 62.3 Å². The number of H-pyrrole nitrogens is 1. The number of hydrogen-bond acceptors (Lipinski definition) is 12. The molecule has 69 heavy (non-hydrogen) atoms. The number of carbonyl (C=O) groups is 1. The fourth-order valence-corrected chi connectivity index (χ4v) is 12.7. The topological polar surface area (TPSA) is 192 Å². The number of pyridine rings is 1. The summed E-state index contributed by atoms with van der Waals surface area (Å²) in [5.74, 6) is 1.74. The second-order valence-corrected chi connectivity index (χ2v) is 22.2. The number of nitrogens with zero attached hydrogens (tertiary/aromatic N) is 4. The largest absolute Gasteiger partial charge is 0.489 e. The summed E-state index contributed by atoms with van der Waals surface area (Å²) in [4.78, 5) is 37.4. The third kappa shape index (κ3) is 8.98. The van der Waals surface area contributed by atoms with Crippen molar-refractivity contribution in [2.24, 2.45) is 11.3 Å². The summed E-state index contributed by atoms with van der Waals surface area (Å²) in [6.45, 7) is 10.0. The quantitative estimate of drug-likeness (QED) is 0.0559. The number of amides is 1. The van der Waals surface area contributed by atoms with E-state index in [9.17, 15) is 32.8 Å². The number of terminal acetylenes is 1. The maximum Gasteiger partial charge on any atom is 0.297 e. The van der Waals surface area contributed by atoms with Crippen LogP contribution < -0.4 is 24.4 Å². The monoisotopic (exact) mass is 959 g/mol. The Kier molecular flexibility index (Phi) is 12.1. The number of likely N-dealkylation sites (tertiary alicyclic amines) is 1. The number of hydrogen-bond donors (Lipinski definition) is 4. The molecule has 4 N–H and O–H groups in total. The lowest BCUT2D eigenvalue weighted by molar-refractivity contribution is -0.384. The van der Waals surface area contributed by atoms with Gasteiger partial charge in [-0.05, 0) is 117 Å². The van der Waals surface area contributed by atoms with Gasteiger partial charge in [0.1, 0.15) is 23.8 Å². The van der Waals surface area contributed by atoms with Crippen molar-refractivity contribution in [3.63, 3.8) is 0 Å². The smallest absolute Gasteiger partial charge is 0.297 e. The normalized spacial score (nSPS) is 24.5. The molecule has 0 radical (unpaired) electrons. The lowest BCUT2D eigenvalue weighted by Gasteiger charge is -2.57. The molecule has 1 unspecified atom stereocenters. The molecule has 17 heteroatoms. The molecule has 1 amide bonds. The van der Waals surface area contributed by atoms with Crippen LogP contribution in [0.5, 0.6) is 17.2 Å². The standard InChI is InChI=1S/C52H58FN7O8S/c1-5-41-46(26-39-40(53)27-54-49(39)56-41)68-45-23-33(58-21-19-52(20-22-58)29-59(30-52)43-12-8-11-37(43)36-10-7-6-9-35(36)31(2)3)13-14-38(45)50(61)57-69(65,66)34-24-44(60(63)64)48-47(25-34)67-28-42(55-48)32-15-17-51(4,62)18-16-32/h1,6-7,9-10,13-14,23-27,31-32,37,42-43,55,62H,8,11-12,15-22,28-30H2,2-4H3,(H,54,56)(H,57,61)/t32-,37-,42+,43?,51-/m0/s1. The molecule has 3 atom stereocenters. The number of aliphatic hydroxyl groups is 1. The van der Waals surface area contributed by atoms with E-state index in [-0.39, 0.29) is 69.2 Å². The Morgan fingerprint density at radius 3 is 2.54 bits per heavy atom. The highest BCUT2D eigenvalue weighted by Crippen LogP contribution is 2.49. The summed E-state index contributed by atoms with van der Waals surface area (Å²) in [5.41, 5.74) is 2.65. The van der Waals surface area contributed by atoms with Gasteiger partial charge in [0.05, 0.1) is 32.4 Å². The van der Waals surface area contributed by atoms with Crippen molar-refractivity contribution in [2.75, 3.05) is 43.0 Å². The summed E-state index contributed by atoms with van der Waals surface area (Å²) < 4.78 is 57.3. The Labute approximate surface area is 401 Å². The van der Waals surface area contributed by atoms with Crippen molar-refractivity contribution in [3.05, 3.63) is 105 Å². The van der Waals surface area contributed by atoms with Gasteiger partial charge in [0.25, 0.3) is 21.6 Å². The molecule has 5 aromatic rings. The number of halogens is 1. The summed E-state index contributed by atoms with van der Waals surface area (Å²) in [6, 6.07) is 17.4. The number of nitro groups is 1. The van der Waals surface area contributed by atoms with Gasteiger partial charge in [-0.1, -0.05) is 44.5 Å². The van der Waals surface area contributed by atoms with E-state index in [0.717, 1.165) is 63.0 Å². The predicted octanol–water partition coefficient (Wildman–Crippen LogP) is 8.98. The van der Waals surface area contributed by atoms with Crippen LogP contribution in [0.15, 0.2) is 71.8 Å². The first-order chi connectivity index (χ1) is 33.0. The van der Waals surface area contributed by atoms with E-state index >= 15 is 0 Å². The van der Waals surface area contributed by atoms with E-state index in [2.05, 4.69) is 73.8 Å². The molecule has 1 spiro atoms. The number of carbonyl (C=O) groups excluding carboxylic acids is 1. The third-order valence-electron chi connectivity index (χ3n) is 15.6. The van der Waals surface area contributed by atoms with Crippen LogP contribution in [0.25, 0.3) is 11.0 Å². The molecule has 10 rings (SSSR count). The van der Waals surface area contributed by atoms with Crippen molar-refractivity contribution in [2.45, 2.75) is 113 Å². The summed E-state index contributed by atoms with van der Waals surface area (Å²) >= 11 is 0. The van der Waals surface area contributed by atoms with Crippen LogP contribution in [0.2, 0.25) is 0 Å². The number of aromatic nitrogens is 2. The summed E-state index contributed by atoms with van der Waals surface area (Å²) in [7, 11) is -4.76. The molecule has 5 aliphatic rings. The summed E-state index contributed by atoms with van der Waals surface area (Å²) in [6.07, 6.45) is 15.1. The zero-order chi connectivity index (χ0) is 48.4. The highest BCUT2D eigenvalue weighted by molar-refractivity contribution is 7.90. The Morgan fingerprint density at radius 1 is 1.06 bits per heavy atom. The number of nitrogens with one attached hydrogen (secondary N) is 3. The molecule has 5 heterocycles. The highest BCUT2D eigenvalue weighted by Gasteiger charge is 2.49. The van der Waals surface area contributed by atoms with E-state index in [1.54, 1.807) is 19.1 Å². The molecule has 3 aliphatic heterocycles. The SMILES string of the molecule is C#Cc1nc2[nH]cc(F)c2cc1Oc1cc(N2CCC3(CC2)CN(C2CCC[C@H]2c2ccccc2C(C)C)C3)ccc1C(=O)NS(=O)(=O)c1cc2c(c([N+](=O)[O-])c1)N[C@@H]([C@H]1CC[C@](C)(O)CC1)CO2. The molecule has 3 aromatic carbocycles. The molecule has 15 nitrogen and oxygen atoms in total. The molecule has 2 saturated heterocycles. The molecule has 4 fully saturated rings. The molecule has 362 valence electrons. The fourth-order valence-electron chi connectivity index (χ4n) is 11.7. The fraction of sp³-hybridized carbons (Fsp3) is 0.462. The Bertz CT molecular complexity index is 2980. The van der Waals surface area contributed by atoms with Crippen molar-refractivity contribution < 1.29 is 37.1 Å². The van der Waals surface area contributed by atoms with Gasteiger partial charge in [-0.15, -0.1) is 6.42 Å². The maximum atomic E-state index is 14.8. The first-order valence-electron chi connectivity index (χ1n) is 24.1. The Balaban J connectivity index is 0.884. The molecular weight excluding hydrogens is 902 g/mol. The van der Waals surface area contributed by atoms with E-state index < -0.39 is 42.9 Å². The van der Waals surface area contributed by atoms with Gasteiger partial charge in [-0.25, -0.2) is 22.5 Å². The number of piperidine rings is 1. The van der Waals surface area contributed by atoms with E-state index in [0.29, 0.717) is 43.6 Å². The van der Waals surface area contributed by atoms with Crippen LogP contribution in [0.3, 0.4) is 0 Å². The summed E-state index contributed by atoms with van der Waals surface area (Å²) in [5, 5.41) is 26.2. The van der Waals surface area contributed by atoms with Crippen molar-refractivity contribution in [1.29, 1.82) is 0 Å². The molecule has 2 aliphatic carbocycles. The third-order valence-corrected chi connectivity index (χ3v) is 16.9. The molecule has 2 aromatic heterocycles. The van der Waals surface area contributed by atoms with Gasteiger partial charge in [0.15, 0.2) is 22.9 Å². The predicted molar refractivity (Wildman–Crippen MR) is 260 cm³/mol. The first kappa shape index (κ1) is 46.5. The molecule has 2 saturated carbocycles. The number of anilines is 2. The van der Waals surface area contributed by atoms with E-state index in [1.165, 1.54) is 42.5 Å². The van der Waals surface area contributed by atoms with Gasteiger partial charge >= 0.3 is 0 Å². The molecular formula is C52H58FN7O8S. The minimum absolute atomic E-state index is 0.0213. The zero-order valence-electron chi connectivity index (χ0n) is 39.1. The lowest BCUT2D eigenvalue weighted by Crippen LogP contribution is -2.63. The van der Waals surface area contributed by atoms with Crippen LogP contribution in [0.1, 0.15) is 118 Å². The van der Waals surface area contributed by atoms with Gasteiger partial charge in [-0.2, -0.15) is 0 Å². The molecule has 0 bridgehead atoms. The van der Waals surface area contributed by atoms with Crippen molar-refractivity contribution >= 4 is 44.0 Å². The average molecular weight is 960 g/mol. The number of ether oxygens (including phenoxy) is 2. The van der Waals surface area contributed by atoms with Crippen molar-refractivity contribution in [3.8, 4) is 29.6 Å². The minimum atomic E-state index is -4.76. The number of rotatable bonds is 11. The van der Waals surface area contributed by atoms with Crippen LogP contribution in [0, 0.1) is 39.6 Å². The second kappa shape index (κ2) is 17.9. The number of fused-ring (bicyclic) bond motifs is 2. The number of aromatic amines is 1. The zero-order valence-corrected chi connectivity index (χ0v) is 39.9. The second-order valence-electron chi connectivity index (χ2n) is 20.5. The Hall–Kier alpha value is -6.22.